The second-order valence-corrected chi connectivity index (χ2v) is 10.1. The molecule has 2 heterocycles. The fourth-order valence-corrected chi connectivity index (χ4v) is 4.16. The van der Waals surface area contributed by atoms with Crippen LogP contribution in [-0.4, -0.2) is 53.2 Å². The minimum atomic E-state index is -0.845. The second-order valence-electron chi connectivity index (χ2n) is 10.1. The van der Waals surface area contributed by atoms with Gasteiger partial charge in [0.1, 0.15) is 11.4 Å². The largest absolute Gasteiger partial charge is 0.465 e. The summed E-state index contributed by atoms with van der Waals surface area (Å²) < 4.78 is 45.1. The number of hydrogen-bond donors (Lipinski definition) is 0. The Labute approximate surface area is 214 Å². The van der Waals surface area contributed by atoms with Crippen molar-refractivity contribution in [3.63, 3.8) is 0 Å². The summed E-state index contributed by atoms with van der Waals surface area (Å²) in [6, 6.07) is 4.69. The van der Waals surface area contributed by atoms with Crippen LogP contribution in [0.2, 0.25) is 0 Å². The average Bonchev–Trinajstić information content (AvgIpc) is 3.18. The van der Waals surface area contributed by atoms with Crippen LogP contribution in [0.5, 0.6) is 0 Å². The predicted molar refractivity (Wildman–Crippen MR) is 131 cm³/mol. The Morgan fingerprint density at radius 3 is 2.38 bits per heavy atom. The predicted octanol–water partition coefficient (Wildman–Crippen LogP) is 5.38. The molecule has 1 atom stereocenters. The van der Waals surface area contributed by atoms with Gasteiger partial charge >= 0.3 is 12.1 Å². The summed E-state index contributed by atoms with van der Waals surface area (Å²) in [5.41, 5.74) is 0.0294. The molecule has 1 aromatic heterocycles. The smallest absolute Gasteiger partial charge is 0.417 e. The maximum atomic E-state index is 15.4. The number of amides is 2. The molecule has 0 bridgehead atoms. The number of pyridine rings is 1. The molecule has 0 radical (unpaired) electrons. The molecule has 1 aromatic carbocycles. The summed E-state index contributed by atoms with van der Waals surface area (Å²) in [7, 11) is 1.21. The van der Waals surface area contributed by atoms with Crippen LogP contribution in [-0.2, 0) is 25.6 Å². The van der Waals surface area contributed by atoms with Crippen LogP contribution in [0.1, 0.15) is 75.0 Å². The van der Waals surface area contributed by atoms with E-state index in [1.165, 1.54) is 31.4 Å². The fourth-order valence-electron chi connectivity index (χ4n) is 4.16. The van der Waals surface area contributed by atoms with Crippen LogP contribution in [0.25, 0.3) is 11.1 Å². The lowest BCUT2D eigenvalue weighted by atomic mass is 9.91. The zero-order valence-electron chi connectivity index (χ0n) is 21.9. The maximum Gasteiger partial charge on any atom is 0.417 e. The number of carbonyl (C=O) groups excluding carboxylic acids is 3. The molecule has 0 spiro atoms. The molecule has 8 nitrogen and oxygen atoms in total. The van der Waals surface area contributed by atoms with Gasteiger partial charge in [0.2, 0.25) is 11.9 Å². The molecule has 10 heteroatoms. The van der Waals surface area contributed by atoms with Gasteiger partial charge in [0.05, 0.1) is 37.6 Å². The summed E-state index contributed by atoms with van der Waals surface area (Å²) in [6.07, 6.45) is -0.249. The van der Waals surface area contributed by atoms with Crippen molar-refractivity contribution < 1.29 is 37.4 Å². The number of esters is 1. The first-order valence-electron chi connectivity index (χ1n) is 12.0. The van der Waals surface area contributed by atoms with Crippen molar-refractivity contribution in [1.29, 1.82) is 0 Å². The minimum absolute atomic E-state index is 0.0236. The summed E-state index contributed by atoms with van der Waals surface area (Å²) in [4.78, 5) is 42.8. The van der Waals surface area contributed by atoms with E-state index in [9.17, 15) is 18.8 Å². The monoisotopic (exact) mass is 518 g/mol. The van der Waals surface area contributed by atoms with Gasteiger partial charge in [-0.1, -0.05) is 26.0 Å². The Balaban J connectivity index is 1.95. The molecule has 1 aliphatic heterocycles. The summed E-state index contributed by atoms with van der Waals surface area (Å²) in [6.45, 7) is 8.23. The van der Waals surface area contributed by atoms with E-state index in [0.29, 0.717) is 12.0 Å². The quantitative estimate of drug-likeness (QED) is 0.359. The molecule has 1 fully saturated rings. The van der Waals surface area contributed by atoms with Gasteiger partial charge in [0.25, 0.3) is 0 Å². The Bertz CT molecular complexity index is 1170. The minimum Gasteiger partial charge on any atom is -0.465 e. The van der Waals surface area contributed by atoms with Crippen LogP contribution < -0.4 is 0 Å². The number of methoxy groups -OCH3 is 1. The Kier molecular flexibility index (Phi) is 8.63. The van der Waals surface area contributed by atoms with Crippen LogP contribution >= 0.6 is 0 Å². The van der Waals surface area contributed by atoms with Gasteiger partial charge in [-0.15, -0.1) is 0 Å². The highest BCUT2D eigenvalue weighted by Gasteiger charge is 2.38. The van der Waals surface area contributed by atoms with E-state index < -0.39 is 35.5 Å². The van der Waals surface area contributed by atoms with E-state index in [4.69, 9.17) is 14.2 Å². The lowest BCUT2D eigenvalue weighted by molar-refractivity contribution is -0.128. The number of benzene rings is 1. The molecule has 200 valence electrons. The standard InChI is InChI=1S/C27H32F2N2O6/c1-15(2)23-22(25(33)35-6)21(16-7-9-17(28)10-8-16)19(24(29)30-23)14-36-13-18-11-12-20(32)31(18)26(34)37-27(3,4)5/h7-10,15,18H,11-14H2,1-6H3/t18-/m1/s1. The van der Waals surface area contributed by atoms with Gasteiger partial charge in [0, 0.05) is 17.5 Å². The summed E-state index contributed by atoms with van der Waals surface area (Å²) in [5.74, 6) is -2.74. The molecular weight excluding hydrogens is 486 g/mol. The van der Waals surface area contributed by atoms with E-state index in [0.717, 1.165) is 4.90 Å². The molecule has 0 N–H and O–H groups in total. The van der Waals surface area contributed by atoms with Crippen LogP contribution in [0.4, 0.5) is 13.6 Å². The third-order valence-corrected chi connectivity index (χ3v) is 5.82. The van der Waals surface area contributed by atoms with E-state index >= 15 is 4.39 Å². The Hall–Kier alpha value is -3.40. The molecule has 2 amide bonds. The molecule has 1 saturated heterocycles. The lowest BCUT2D eigenvalue weighted by Crippen LogP contribution is -2.44. The first kappa shape index (κ1) is 28.2. The molecule has 37 heavy (non-hydrogen) atoms. The van der Waals surface area contributed by atoms with Crippen molar-refractivity contribution in [1.82, 2.24) is 9.88 Å². The Morgan fingerprint density at radius 2 is 1.81 bits per heavy atom. The topological polar surface area (TPSA) is 95.0 Å². The van der Waals surface area contributed by atoms with Gasteiger partial charge in [-0.2, -0.15) is 4.39 Å². The van der Waals surface area contributed by atoms with Crippen molar-refractivity contribution in [2.45, 2.75) is 71.6 Å². The number of rotatable bonds is 7. The van der Waals surface area contributed by atoms with Crippen LogP contribution in [0.15, 0.2) is 24.3 Å². The van der Waals surface area contributed by atoms with E-state index in [-0.39, 0.29) is 53.8 Å². The van der Waals surface area contributed by atoms with Crippen molar-refractivity contribution >= 4 is 18.0 Å². The molecule has 0 saturated carbocycles. The molecule has 1 aliphatic rings. The number of imide groups is 1. The van der Waals surface area contributed by atoms with Crippen molar-refractivity contribution in [2.75, 3.05) is 13.7 Å². The normalized spacial score (nSPS) is 15.9. The number of carbonyl (C=O) groups is 3. The zero-order chi connectivity index (χ0) is 27.5. The van der Waals surface area contributed by atoms with Crippen LogP contribution in [0.3, 0.4) is 0 Å². The molecular formula is C27H32F2N2O6. The van der Waals surface area contributed by atoms with E-state index in [1.807, 2.05) is 0 Å². The summed E-state index contributed by atoms with van der Waals surface area (Å²) in [5, 5.41) is 0. The fraction of sp³-hybridized carbons (Fsp3) is 0.481. The Morgan fingerprint density at radius 1 is 1.16 bits per heavy atom. The molecule has 3 rings (SSSR count). The molecule has 0 aliphatic carbocycles. The zero-order valence-corrected chi connectivity index (χ0v) is 21.9. The van der Waals surface area contributed by atoms with Gasteiger partial charge in [-0.05, 0) is 50.8 Å². The number of ether oxygens (including phenoxy) is 3. The number of hydrogen-bond acceptors (Lipinski definition) is 7. The molecule has 2 aromatic rings. The van der Waals surface area contributed by atoms with E-state index in [2.05, 4.69) is 4.98 Å². The van der Waals surface area contributed by atoms with Crippen LogP contribution in [0, 0.1) is 11.8 Å². The van der Waals surface area contributed by atoms with Gasteiger partial charge in [-0.25, -0.2) is 23.9 Å². The first-order valence-corrected chi connectivity index (χ1v) is 12.0. The van der Waals surface area contributed by atoms with Gasteiger partial charge in [-0.3, -0.25) is 4.79 Å². The van der Waals surface area contributed by atoms with Crippen molar-refractivity contribution in [3.05, 3.63) is 52.9 Å². The highest BCUT2D eigenvalue weighted by molar-refractivity contribution is 5.99. The number of nitrogens with zero attached hydrogens (tertiary/aromatic N) is 2. The second kappa shape index (κ2) is 11.3. The number of likely N-dealkylation sites (tertiary alicyclic amines) is 1. The van der Waals surface area contributed by atoms with E-state index in [1.54, 1.807) is 34.6 Å². The third kappa shape index (κ3) is 6.49. The molecule has 0 unspecified atom stereocenters. The highest BCUT2D eigenvalue weighted by Crippen LogP contribution is 2.35. The van der Waals surface area contributed by atoms with Gasteiger partial charge < -0.3 is 14.2 Å². The SMILES string of the molecule is COC(=O)c1c(C(C)C)nc(F)c(COC[C@H]2CCC(=O)N2C(=O)OC(C)(C)C)c1-c1ccc(F)cc1. The third-order valence-electron chi connectivity index (χ3n) is 5.82. The first-order chi connectivity index (χ1) is 17.3. The van der Waals surface area contributed by atoms with Crippen molar-refractivity contribution in [2.24, 2.45) is 0 Å². The average molecular weight is 519 g/mol. The number of halogens is 2. The summed E-state index contributed by atoms with van der Waals surface area (Å²) >= 11 is 0. The van der Waals surface area contributed by atoms with Crippen molar-refractivity contribution in [3.8, 4) is 11.1 Å². The number of aromatic nitrogens is 1. The maximum absolute atomic E-state index is 15.4. The highest BCUT2D eigenvalue weighted by atomic mass is 19.1. The van der Waals surface area contributed by atoms with Gasteiger partial charge in [0.15, 0.2) is 0 Å². The lowest BCUT2D eigenvalue weighted by Gasteiger charge is -2.27.